The summed E-state index contributed by atoms with van der Waals surface area (Å²) in [6, 6.07) is 20.7. The second-order valence-electron chi connectivity index (χ2n) is 10.2. The minimum atomic E-state index is -3.52. The number of dihydropyridines is 1. The number of aliphatic imine (C=N–C) groups is 1. The predicted octanol–water partition coefficient (Wildman–Crippen LogP) is 4.81. The van der Waals surface area contributed by atoms with Crippen molar-refractivity contribution >= 4 is 27.3 Å². The number of imidazole rings is 1. The van der Waals surface area contributed by atoms with Crippen LogP contribution in [0.2, 0.25) is 0 Å². The lowest BCUT2D eigenvalue weighted by atomic mass is 9.90. The van der Waals surface area contributed by atoms with Gasteiger partial charge in [0.15, 0.2) is 5.37 Å². The second-order valence-corrected chi connectivity index (χ2v) is 12.1. The fourth-order valence-electron chi connectivity index (χ4n) is 5.44. The van der Waals surface area contributed by atoms with Gasteiger partial charge < -0.3 is 4.98 Å². The van der Waals surface area contributed by atoms with Gasteiger partial charge in [0.1, 0.15) is 5.82 Å². The van der Waals surface area contributed by atoms with Crippen molar-refractivity contribution in [3.63, 3.8) is 0 Å². The molecule has 2 unspecified atom stereocenters. The molecule has 0 amide bonds. The standard InChI is InChI=1S/C30H32N6O2S/c37-39(38,29-12-3-4-17-31-29)33-19-22-13-15-23(16-14-22)20-36(21-28-34-25-9-1-2-10-26(25)35-28)27-11-5-7-24-8-6-18-32-30(24)27/h1-4,6,8-10,13-18,27,29,33H,5,7,11-12,19-21H2,(H,34,35). The van der Waals surface area contributed by atoms with Gasteiger partial charge in [0.05, 0.1) is 29.3 Å². The topological polar surface area (TPSA) is 103 Å². The summed E-state index contributed by atoms with van der Waals surface area (Å²) in [5.74, 6) is 0.936. The van der Waals surface area contributed by atoms with Crippen LogP contribution in [0.3, 0.4) is 0 Å². The number of aromatic amines is 1. The molecule has 4 aromatic rings. The Morgan fingerprint density at radius 2 is 1.85 bits per heavy atom. The Hall–Kier alpha value is -3.66. The van der Waals surface area contributed by atoms with Crippen molar-refractivity contribution in [3.8, 4) is 0 Å². The Kier molecular flexibility index (Phi) is 7.36. The van der Waals surface area contributed by atoms with Gasteiger partial charge in [-0.3, -0.25) is 14.9 Å². The number of hydrogen-bond acceptors (Lipinski definition) is 6. The first kappa shape index (κ1) is 25.6. The van der Waals surface area contributed by atoms with Gasteiger partial charge in [-0.2, -0.15) is 0 Å². The zero-order chi connectivity index (χ0) is 26.7. The van der Waals surface area contributed by atoms with Crippen molar-refractivity contribution in [2.75, 3.05) is 0 Å². The van der Waals surface area contributed by atoms with E-state index >= 15 is 0 Å². The molecule has 3 heterocycles. The van der Waals surface area contributed by atoms with E-state index in [4.69, 9.17) is 9.97 Å². The Bertz CT molecular complexity index is 1580. The number of aryl methyl sites for hydroxylation is 1. The van der Waals surface area contributed by atoms with Gasteiger partial charge in [-0.25, -0.2) is 18.1 Å². The number of para-hydroxylation sites is 2. The predicted molar refractivity (Wildman–Crippen MR) is 153 cm³/mol. The fraction of sp³-hybridized carbons (Fsp3) is 0.300. The van der Waals surface area contributed by atoms with E-state index in [0.29, 0.717) is 13.0 Å². The molecule has 1 aliphatic heterocycles. The minimum Gasteiger partial charge on any atom is -0.341 e. The number of aromatic nitrogens is 3. The van der Waals surface area contributed by atoms with Gasteiger partial charge >= 0.3 is 0 Å². The lowest BCUT2D eigenvalue weighted by Crippen LogP contribution is -2.33. The van der Waals surface area contributed by atoms with Crippen molar-refractivity contribution in [1.82, 2.24) is 24.6 Å². The Balaban J connectivity index is 1.20. The van der Waals surface area contributed by atoms with E-state index in [1.807, 2.05) is 48.7 Å². The highest BCUT2D eigenvalue weighted by atomic mass is 32.2. The minimum absolute atomic E-state index is 0.194. The van der Waals surface area contributed by atoms with Crippen LogP contribution in [0.15, 0.2) is 84.0 Å². The summed E-state index contributed by atoms with van der Waals surface area (Å²) in [4.78, 5) is 19.7. The molecule has 0 spiro atoms. The molecule has 200 valence electrons. The van der Waals surface area contributed by atoms with E-state index in [2.05, 4.69) is 43.9 Å². The quantitative estimate of drug-likeness (QED) is 0.317. The summed E-state index contributed by atoms with van der Waals surface area (Å²) in [5.41, 5.74) is 6.55. The summed E-state index contributed by atoms with van der Waals surface area (Å²) in [7, 11) is -3.52. The van der Waals surface area contributed by atoms with Gasteiger partial charge in [0.25, 0.3) is 0 Å². The van der Waals surface area contributed by atoms with Gasteiger partial charge in [0.2, 0.25) is 10.0 Å². The summed E-state index contributed by atoms with van der Waals surface area (Å²) in [6.07, 6.45) is 10.6. The molecule has 2 N–H and O–H groups in total. The second kappa shape index (κ2) is 11.2. The van der Waals surface area contributed by atoms with Crippen LogP contribution in [0.4, 0.5) is 0 Å². The molecular formula is C30H32N6O2S. The molecule has 2 aliphatic rings. The number of nitrogens with one attached hydrogen (secondary N) is 2. The molecule has 9 heteroatoms. The van der Waals surface area contributed by atoms with E-state index < -0.39 is 15.4 Å². The van der Waals surface area contributed by atoms with Crippen LogP contribution >= 0.6 is 0 Å². The lowest BCUT2D eigenvalue weighted by molar-refractivity contribution is 0.153. The first-order valence-electron chi connectivity index (χ1n) is 13.4. The molecule has 0 saturated carbocycles. The first-order chi connectivity index (χ1) is 19.0. The van der Waals surface area contributed by atoms with Crippen molar-refractivity contribution in [2.24, 2.45) is 4.99 Å². The molecule has 0 bridgehead atoms. The highest BCUT2D eigenvalue weighted by molar-refractivity contribution is 7.90. The SMILES string of the molecule is O=S(=O)(NCc1ccc(CN(Cc2nc3ccccc3[nH]2)C2CCCc3cccnc32)cc1)C1CC=CC=N1. The third kappa shape index (κ3) is 5.85. The molecule has 1 aliphatic carbocycles. The molecular weight excluding hydrogens is 508 g/mol. The summed E-state index contributed by atoms with van der Waals surface area (Å²) < 4.78 is 27.9. The molecule has 2 aromatic heterocycles. The van der Waals surface area contributed by atoms with E-state index in [-0.39, 0.29) is 12.6 Å². The van der Waals surface area contributed by atoms with Gasteiger partial charge in [0, 0.05) is 31.9 Å². The van der Waals surface area contributed by atoms with E-state index in [1.54, 1.807) is 12.3 Å². The van der Waals surface area contributed by atoms with Crippen molar-refractivity contribution in [3.05, 3.63) is 107 Å². The van der Waals surface area contributed by atoms with Gasteiger partial charge in [-0.15, -0.1) is 0 Å². The number of nitrogens with zero attached hydrogens (tertiary/aromatic N) is 4. The zero-order valence-corrected chi connectivity index (χ0v) is 22.5. The lowest BCUT2D eigenvalue weighted by Gasteiger charge is -2.34. The highest BCUT2D eigenvalue weighted by Crippen LogP contribution is 2.34. The maximum Gasteiger partial charge on any atom is 0.235 e. The van der Waals surface area contributed by atoms with E-state index in [0.717, 1.165) is 59.5 Å². The smallest absolute Gasteiger partial charge is 0.235 e. The molecule has 6 rings (SSSR count). The highest BCUT2D eigenvalue weighted by Gasteiger charge is 2.28. The monoisotopic (exact) mass is 540 g/mol. The van der Waals surface area contributed by atoms with Crippen LogP contribution in [0, 0.1) is 0 Å². The van der Waals surface area contributed by atoms with E-state index in [1.165, 1.54) is 5.56 Å². The average molecular weight is 541 g/mol. The molecule has 0 radical (unpaired) electrons. The maximum atomic E-state index is 12.6. The largest absolute Gasteiger partial charge is 0.341 e. The molecule has 0 fully saturated rings. The molecule has 39 heavy (non-hydrogen) atoms. The summed E-state index contributed by atoms with van der Waals surface area (Å²) in [6.45, 7) is 1.64. The number of pyridine rings is 1. The molecule has 2 atom stereocenters. The zero-order valence-electron chi connectivity index (χ0n) is 21.7. The summed E-state index contributed by atoms with van der Waals surface area (Å²) >= 11 is 0. The summed E-state index contributed by atoms with van der Waals surface area (Å²) in [5, 5.41) is -0.763. The van der Waals surface area contributed by atoms with Gasteiger partial charge in [-0.05, 0) is 60.2 Å². The number of benzene rings is 2. The van der Waals surface area contributed by atoms with Crippen LogP contribution < -0.4 is 4.72 Å². The molecule has 2 aromatic carbocycles. The van der Waals surface area contributed by atoms with Crippen LogP contribution in [0.25, 0.3) is 11.0 Å². The number of H-pyrrole nitrogens is 1. The fourth-order valence-corrected chi connectivity index (χ4v) is 6.59. The molecule has 0 saturated heterocycles. The first-order valence-corrected chi connectivity index (χ1v) is 15.0. The number of hydrogen-bond donors (Lipinski definition) is 2. The average Bonchev–Trinajstić information content (AvgIpc) is 3.39. The maximum absolute atomic E-state index is 12.6. The van der Waals surface area contributed by atoms with Crippen molar-refractivity contribution < 1.29 is 8.42 Å². The Morgan fingerprint density at radius 3 is 2.67 bits per heavy atom. The number of allylic oxidation sites excluding steroid dienone is 1. The van der Waals surface area contributed by atoms with Crippen LogP contribution in [0.5, 0.6) is 0 Å². The Morgan fingerprint density at radius 1 is 1.00 bits per heavy atom. The van der Waals surface area contributed by atoms with Crippen molar-refractivity contribution in [1.29, 1.82) is 0 Å². The normalized spacial score (nSPS) is 19.0. The number of sulfonamides is 1. The molecule has 8 nitrogen and oxygen atoms in total. The van der Waals surface area contributed by atoms with E-state index in [9.17, 15) is 8.42 Å². The third-order valence-corrected chi connectivity index (χ3v) is 9.03. The van der Waals surface area contributed by atoms with Gasteiger partial charge in [-0.1, -0.05) is 48.5 Å². The number of fused-ring (bicyclic) bond motifs is 2. The third-order valence-electron chi connectivity index (χ3n) is 7.45. The van der Waals surface area contributed by atoms with Crippen LogP contribution in [-0.4, -0.2) is 39.9 Å². The van der Waals surface area contributed by atoms with Crippen LogP contribution in [-0.2, 0) is 36.1 Å². The van der Waals surface area contributed by atoms with Crippen LogP contribution in [0.1, 0.15) is 53.5 Å². The number of rotatable bonds is 9. The van der Waals surface area contributed by atoms with Crippen molar-refractivity contribution in [2.45, 2.75) is 56.7 Å². The Labute approximate surface area is 229 Å².